The van der Waals surface area contributed by atoms with E-state index in [1.165, 1.54) is 0 Å². The SMILES string of the molecule is COc1ccccc1Oc1cccc(C)c1Oc1ccccc1OC. The number of para-hydroxylation sites is 5. The van der Waals surface area contributed by atoms with Crippen molar-refractivity contribution in [1.82, 2.24) is 0 Å². The summed E-state index contributed by atoms with van der Waals surface area (Å²) in [7, 11) is 3.23. The van der Waals surface area contributed by atoms with E-state index in [1.807, 2.05) is 73.7 Å². The topological polar surface area (TPSA) is 36.9 Å². The zero-order valence-electron chi connectivity index (χ0n) is 14.5. The fourth-order valence-electron chi connectivity index (χ4n) is 2.47. The van der Waals surface area contributed by atoms with Gasteiger partial charge in [-0.1, -0.05) is 36.4 Å². The zero-order valence-corrected chi connectivity index (χ0v) is 14.5. The summed E-state index contributed by atoms with van der Waals surface area (Å²) in [6.45, 7) is 1.97. The van der Waals surface area contributed by atoms with E-state index in [0.717, 1.165) is 5.56 Å². The first-order chi connectivity index (χ1) is 12.2. The molecule has 4 nitrogen and oxygen atoms in total. The fourth-order valence-corrected chi connectivity index (χ4v) is 2.47. The van der Waals surface area contributed by atoms with Crippen LogP contribution < -0.4 is 18.9 Å². The Bertz CT molecular complexity index is 858. The molecule has 128 valence electrons. The molecule has 0 fully saturated rings. The average molecular weight is 336 g/mol. The first-order valence-electron chi connectivity index (χ1n) is 7.94. The highest BCUT2D eigenvalue weighted by molar-refractivity contribution is 5.53. The molecule has 0 bridgehead atoms. The lowest BCUT2D eigenvalue weighted by atomic mass is 10.2. The number of methoxy groups -OCH3 is 2. The molecule has 4 heteroatoms. The lowest BCUT2D eigenvalue weighted by Crippen LogP contribution is -1.96. The molecule has 3 rings (SSSR count). The predicted octanol–water partition coefficient (Wildman–Crippen LogP) is 5.60. The van der Waals surface area contributed by atoms with Gasteiger partial charge < -0.3 is 18.9 Å². The smallest absolute Gasteiger partial charge is 0.173 e. The third-order valence-corrected chi connectivity index (χ3v) is 3.75. The van der Waals surface area contributed by atoms with Crippen molar-refractivity contribution < 1.29 is 18.9 Å². The van der Waals surface area contributed by atoms with Gasteiger partial charge in [-0.25, -0.2) is 0 Å². The molecule has 25 heavy (non-hydrogen) atoms. The second kappa shape index (κ2) is 7.62. The molecule has 0 spiro atoms. The molecule has 0 N–H and O–H groups in total. The Morgan fingerprint density at radius 1 is 0.520 bits per heavy atom. The van der Waals surface area contributed by atoms with E-state index >= 15 is 0 Å². The lowest BCUT2D eigenvalue weighted by Gasteiger charge is -2.17. The van der Waals surface area contributed by atoms with E-state index in [4.69, 9.17) is 18.9 Å². The molecule has 0 heterocycles. The molecule has 0 saturated carbocycles. The highest BCUT2D eigenvalue weighted by Gasteiger charge is 2.14. The van der Waals surface area contributed by atoms with Crippen LogP contribution in [0.3, 0.4) is 0 Å². The molecule has 3 aromatic rings. The summed E-state index contributed by atoms with van der Waals surface area (Å²) in [6.07, 6.45) is 0. The third-order valence-electron chi connectivity index (χ3n) is 3.75. The van der Waals surface area contributed by atoms with Crippen LogP contribution in [0.4, 0.5) is 0 Å². The minimum Gasteiger partial charge on any atom is -0.493 e. The van der Waals surface area contributed by atoms with Crippen LogP contribution in [-0.4, -0.2) is 14.2 Å². The molecular weight excluding hydrogens is 316 g/mol. The molecule has 3 aromatic carbocycles. The molecule has 0 aliphatic rings. The van der Waals surface area contributed by atoms with Gasteiger partial charge in [0.05, 0.1) is 14.2 Å². The second-order valence-electron chi connectivity index (χ2n) is 5.41. The number of aryl methyl sites for hydroxylation is 1. The van der Waals surface area contributed by atoms with Gasteiger partial charge in [0.1, 0.15) is 0 Å². The van der Waals surface area contributed by atoms with Crippen LogP contribution in [0.1, 0.15) is 5.56 Å². The minimum atomic E-state index is 0.607. The molecule has 0 aromatic heterocycles. The third kappa shape index (κ3) is 3.69. The number of benzene rings is 3. The normalized spacial score (nSPS) is 10.2. The van der Waals surface area contributed by atoms with E-state index in [-0.39, 0.29) is 0 Å². The Hall–Kier alpha value is -3.14. The van der Waals surface area contributed by atoms with Crippen LogP contribution in [0.2, 0.25) is 0 Å². The van der Waals surface area contributed by atoms with Crippen molar-refractivity contribution in [3.8, 4) is 34.5 Å². The van der Waals surface area contributed by atoms with Crippen LogP contribution >= 0.6 is 0 Å². The first-order valence-corrected chi connectivity index (χ1v) is 7.94. The van der Waals surface area contributed by atoms with Crippen LogP contribution in [0.5, 0.6) is 34.5 Å². The maximum Gasteiger partial charge on any atom is 0.173 e. The molecule has 0 saturated heterocycles. The van der Waals surface area contributed by atoms with Gasteiger partial charge in [-0.05, 0) is 42.8 Å². The second-order valence-corrected chi connectivity index (χ2v) is 5.41. The molecule has 0 amide bonds. The molecule has 0 radical (unpaired) electrons. The molecule has 0 unspecified atom stereocenters. The zero-order chi connectivity index (χ0) is 17.6. The van der Waals surface area contributed by atoms with Crippen molar-refractivity contribution in [3.05, 3.63) is 72.3 Å². The van der Waals surface area contributed by atoms with Gasteiger partial charge >= 0.3 is 0 Å². The van der Waals surface area contributed by atoms with E-state index in [1.54, 1.807) is 14.2 Å². The van der Waals surface area contributed by atoms with Gasteiger partial charge in [0.25, 0.3) is 0 Å². The summed E-state index contributed by atoms with van der Waals surface area (Å²) < 4.78 is 22.9. The quantitative estimate of drug-likeness (QED) is 0.587. The van der Waals surface area contributed by atoms with Crippen LogP contribution in [-0.2, 0) is 0 Å². The lowest BCUT2D eigenvalue weighted by molar-refractivity contribution is 0.356. The van der Waals surface area contributed by atoms with Gasteiger partial charge in [0.2, 0.25) is 0 Å². The van der Waals surface area contributed by atoms with Gasteiger partial charge in [-0.3, -0.25) is 0 Å². The monoisotopic (exact) mass is 336 g/mol. The van der Waals surface area contributed by atoms with E-state index in [2.05, 4.69) is 0 Å². The summed E-state index contributed by atoms with van der Waals surface area (Å²) in [5.41, 5.74) is 0.957. The Kier molecular flexibility index (Phi) is 5.09. The average Bonchev–Trinajstić information content (AvgIpc) is 2.65. The summed E-state index contributed by atoms with van der Waals surface area (Å²) >= 11 is 0. The number of hydrogen-bond acceptors (Lipinski definition) is 4. The summed E-state index contributed by atoms with van der Waals surface area (Å²) in [4.78, 5) is 0. The Balaban J connectivity index is 1.98. The first kappa shape index (κ1) is 16.7. The maximum absolute atomic E-state index is 6.12. The van der Waals surface area contributed by atoms with Crippen LogP contribution in [0, 0.1) is 6.92 Å². The van der Waals surface area contributed by atoms with Crippen molar-refractivity contribution in [2.45, 2.75) is 6.92 Å². The standard InChI is InChI=1S/C21H20O4/c1-15-9-8-14-20(24-18-12-6-4-10-16(18)22-2)21(15)25-19-13-7-5-11-17(19)23-3/h4-14H,1-3H3. The van der Waals surface area contributed by atoms with Crippen molar-refractivity contribution in [2.24, 2.45) is 0 Å². The Morgan fingerprint density at radius 3 is 1.56 bits per heavy atom. The molecule has 0 aliphatic heterocycles. The van der Waals surface area contributed by atoms with Crippen molar-refractivity contribution >= 4 is 0 Å². The van der Waals surface area contributed by atoms with E-state index in [0.29, 0.717) is 34.5 Å². The van der Waals surface area contributed by atoms with Crippen LogP contribution in [0.25, 0.3) is 0 Å². The van der Waals surface area contributed by atoms with E-state index < -0.39 is 0 Å². The number of ether oxygens (including phenoxy) is 4. The fraction of sp³-hybridized carbons (Fsp3) is 0.143. The highest BCUT2D eigenvalue weighted by atomic mass is 16.5. The molecular formula is C21H20O4. The largest absolute Gasteiger partial charge is 0.493 e. The van der Waals surface area contributed by atoms with Crippen molar-refractivity contribution in [2.75, 3.05) is 14.2 Å². The number of rotatable bonds is 6. The predicted molar refractivity (Wildman–Crippen MR) is 97.3 cm³/mol. The molecule has 0 aliphatic carbocycles. The summed E-state index contributed by atoms with van der Waals surface area (Å²) in [5.74, 6) is 3.82. The van der Waals surface area contributed by atoms with Gasteiger partial charge in [0.15, 0.2) is 34.5 Å². The minimum absolute atomic E-state index is 0.607. The summed E-state index contributed by atoms with van der Waals surface area (Å²) in [5, 5.41) is 0. The maximum atomic E-state index is 6.12. The van der Waals surface area contributed by atoms with Gasteiger partial charge in [-0.2, -0.15) is 0 Å². The van der Waals surface area contributed by atoms with Gasteiger partial charge in [0, 0.05) is 0 Å². The Labute approximate surface area is 147 Å². The Morgan fingerprint density at radius 2 is 1.00 bits per heavy atom. The van der Waals surface area contributed by atoms with Crippen LogP contribution in [0.15, 0.2) is 66.7 Å². The van der Waals surface area contributed by atoms with Gasteiger partial charge in [-0.15, -0.1) is 0 Å². The number of hydrogen-bond donors (Lipinski definition) is 0. The highest BCUT2D eigenvalue weighted by Crippen LogP contribution is 2.41. The van der Waals surface area contributed by atoms with Crippen molar-refractivity contribution in [3.63, 3.8) is 0 Å². The van der Waals surface area contributed by atoms with Crippen molar-refractivity contribution in [1.29, 1.82) is 0 Å². The molecule has 0 atom stereocenters. The summed E-state index contributed by atoms with van der Waals surface area (Å²) in [6, 6.07) is 20.8. The van der Waals surface area contributed by atoms with E-state index in [9.17, 15) is 0 Å².